The van der Waals surface area contributed by atoms with E-state index in [0.717, 1.165) is 5.69 Å². The van der Waals surface area contributed by atoms with Gasteiger partial charge in [-0.1, -0.05) is 22.9 Å². The highest BCUT2D eigenvalue weighted by atomic mass is 35.5. The summed E-state index contributed by atoms with van der Waals surface area (Å²) in [5.41, 5.74) is 0.910. The molecule has 0 N–H and O–H groups in total. The van der Waals surface area contributed by atoms with E-state index in [4.69, 9.17) is 16.3 Å². The molecule has 0 atom stereocenters. The number of carbonyl (C=O) groups excluding carboxylic acids is 1. The number of esters is 1. The van der Waals surface area contributed by atoms with Crippen molar-refractivity contribution in [1.82, 2.24) is 15.0 Å². The molecule has 0 fully saturated rings. The molecule has 2 rings (SSSR count). The van der Waals surface area contributed by atoms with Gasteiger partial charge in [0.05, 0.1) is 18.5 Å². The summed E-state index contributed by atoms with van der Waals surface area (Å²) in [4.78, 5) is 11.4. The maximum Gasteiger partial charge on any atom is 0.360 e. The summed E-state index contributed by atoms with van der Waals surface area (Å²) >= 11 is 5.86. The number of rotatable bonds is 3. The Morgan fingerprint density at radius 2 is 2.35 bits per heavy atom. The molecule has 1 aromatic heterocycles. The molecule has 1 aromatic carbocycles. The lowest BCUT2D eigenvalue weighted by molar-refractivity contribution is 0.0519. The Morgan fingerprint density at radius 3 is 3.06 bits per heavy atom. The Bertz CT molecular complexity index is 539. The van der Waals surface area contributed by atoms with Gasteiger partial charge in [-0.15, -0.1) is 5.10 Å². The zero-order chi connectivity index (χ0) is 12.3. The maximum atomic E-state index is 11.4. The number of hydrogen-bond acceptors (Lipinski definition) is 4. The molecule has 6 heteroatoms. The van der Waals surface area contributed by atoms with Crippen molar-refractivity contribution in [2.45, 2.75) is 6.92 Å². The van der Waals surface area contributed by atoms with Crippen molar-refractivity contribution in [3.8, 4) is 5.69 Å². The molecule has 0 radical (unpaired) electrons. The number of nitrogens with zero attached hydrogens (tertiary/aromatic N) is 3. The van der Waals surface area contributed by atoms with Gasteiger partial charge < -0.3 is 4.74 Å². The highest BCUT2D eigenvalue weighted by Gasteiger charge is 2.12. The van der Waals surface area contributed by atoms with Gasteiger partial charge in [-0.3, -0.25) is 0 Å². The maximum absolute atomic E-state index is 11.4. The van der Waals surface area contributed by atoms with Crippen molar-refractivity contribution in [2.75, 3.05) is 6.61 Å². The molecule has 0 spiro atoms. The van der Waals surface area contributed by atoms with Gasteiger partial charge in [0.25, 0.3) is 0 Å². The van der Waals surface area contributed by atoms with Crippen LogP contribution in [0.4, 0.5) is 0 Å². The molecule has 0 saturated heterocycles. The Morgan fingerprint density at radius 1 is 1.53 bits per heavy atom. The van der Waals surface area contributed by atoms with E-state index in [2.05, 4.69) is 10.3 Å². The van der Waals surface area contributed by atoms with Crippen molar-refractivity contribution >= 4 is 17.6 Å². The van der Waals surface area contributed by atoms with Crippen LogP contribution in [0, 0.1) is 0 Å². The predicted molar refractivity (Wildman–Crippen MR) is 62.3 cm³/mol. The number of aromatic nitrogens is 3. The van der Waals surface area contributed by atoms with Gasteiger partial charge in [-0.05, 0) is 25.1 Å². The molecular formula is C11H10ClN3O2. The first-order chi connectivity index (χ1) is 8.20. The summed E-state index contributed by atoms with van der Waals surface area (Å²) in [6.07, 6.45) is 1.50. The summed E-state index contributed by atoms with van der Waals surface area (Å²) in [5, 5.41) is 8.17. The molecule has 0 aliphatic carbocycles. The number of ether oxygens (including phenoxy) is 1. The van der Waals surface area contributed by atoms with Crippen LogP contribution in [-0.2, 0) is 4.74 Å². The molecular weight excluding hydrogens is 242 g/mol. The Hall–Kier alpha value is -1.88. The fourth-order valence-electron chi connectivity index (χ4n) is 1.31. The average Bonchev–Trinajstić information content (AvgIpc) is 2.78. The molecule has 2 aromatic rings. The normalized spacial score (nSPS) is 10.2. The second-order valence-electron chi connectivity index (χ2n) is 3.25. The van der Waals surface area contributed by atoms with Crippen LogP contribution in [0.25, 0.3) is 5.69 Å². The van der Waals surface area contributed by atoms with E-state index in [0.29, 0.717) is 11.6 Å². The van der Waals surface area contributed by atoms with Gasteiger partial charge >= 0.3 is 5.97 Å². The third-order valence-corrected chi connectivity index (χ3v) is 2.29. The first-order valence-corrected chi connectivity index (χ1v) is 5.44. The van der Waals surface area contributed by atoms with E-state index in [9.17, 15) is 4.79 Å². The Kier molecular flexibility index (Phi) is 3.39. The molecule has 88 valence electrons. The smallest absolute Gasteiger partial charge is 0.360 e. The van der Waals surface area contributed by atoms with E-state index in [1.807, 2.05) is 6.07 Å². The van der Waals surface area contributed by atoms with Crippen LogP contribution in [0.15, 0.2) is 30.5 Å². The Balaban J connectivity index is 2.27. The fraction of sp³-hybridized carbons (Fsp3) is 0.182. The van der Waals surface area contributed by atoms with E-state index in [1.54, 1.807) is 25.1 Å². The van der Waals surface area contributed by atoms with Crippen LogP contribution in [-0.4, -0.2) is 27.6 Å². The molecule has 0 aliphatic rings. The minimum absolute atomic E-state index is 0.173. The zero-order valence-electron chi connectivity index (χ0n) is 9.13. The van der Waals surface area contributed by atoms with Gasteiger partial charge in [-0.25, -0.2) is 9.48 Å². The van der Waals surface area contributed by atoms with Crippen molar-refractivity contribution in [3.63, 3.8) is 0 Å². The highest BCUT2D eigenvalue weighted by molar-refractivity contribution is 6.30. The van der Waals surface area contributed by atoms with Crippen molar-refractivity contribution in [3.05, 3.63) is 41.2 Å². The van der Waals surface area contributed by atoms with E-state index in [-0.39, 0.29) is 5.69 Å². The van der Waals surface area contributed by atoms with Gasteiger partial charge in [0.2, 0.25) is 0 Å². The summed E-state index contributed by atoms with van der Waals surface area (Å²) in [5.74, 6) is -0.485. The fourth-order valence-corrected chi connectivity index (χ4v) is 1.49. The lowest BCUT2D eigenvalue weighted by atomic mass is 10.3. The number of carbonyl (C=O) groups is 1. The van der Waals surface area contributed by atoms with E-state index in [1.165, 1.54) is 10.9 Å². The van der Waals surface area contributed by atoms with Crippen LogP contribution < -0.4 is 0 Å². The van der Waals surface area contributed by atoms with Crippen LogP contribution in [0.3, 0.4) is 0 Å². The molecule has 0 bridgehead atoms. The first kappa shape index (κ1) is 11.6. The molecule has 1 heterocycles. The minimum Gasteiger partial charge on any atom is -0.461 e. The lowest BCUT2D eigenvalue weighted by Gasteiger charge is -1.99. The standard InChI is InChI=1S/C11H10ClN3O2/c1-2-17-11(16)10-7-15(14-13-10)9-5-3-4-8(12)6-9/h3-7H,2H2,1H3. The van der Waals surface area contributed by atoms with Crippen molar-refractivity contribution in [1.29, 1.82) is 0 Å². The summed E-state index contributed by atoms with van der Waals surface area (Å²) in [6.45, 7) is 2.04. The van der Waals surface area contributed by atoms with Crippen LogP contribution in [0.1, 0.15) is 17.4 Å². The zero-order valence-corrected chi connectivity index (χ0v) is 9.89. The largest absolute Gasteiger partial charge is 0.461 e. The summed E-state index contributed by atoms with van der Waals surface area (Å²) in [7, 11) is 0. The van der Waals surface area contributed by atoms with Crippen molar-refractivity contribution in [2.24, 2.45) is 0 Å². The monoisotopic (exact) mass is 251 g/mol. The first-order valence-electron chi connectivity index (χ1n) is 5.06. The van der Waals surface area contributed by atoms with Crippen molar-refractivity contribution < 1.29 is 9.53 Å². The third kappa shape index (κ3) is 2.62. The predicted octanol–water partition coefficient (Wildman–Crippen LogP) is 2.10. The average molecular weight is 252 g/mol. The lowest BCUT2D eigenvalue weighted by Crippen LogP contribution is -2.04. The highest BCUT2D eigenvalue weighted by Crippen LogP contribution is 2.14. The molecule has 17 heavy (non-hydrogen) atoms. The van der Waals surface area contributed by atoms with E-state index < -0.39 is 5.97 Å². The number of halogens is 1. The topological polar surface area (TPSA) is 57.0 Å². The van der Waals surface area contributed by atoms with Gasteiger partial charge in [0.1, 0.15) is 0 Å². The third-order valence-electron chi connectivity index (χ3n) is 2.05. The summed E-state index contributed by atoms with van der Waals surface area (Å²) in [6, 6.07) is 7.10. The Labute approximate surface area is 103 Å². The number of benzene rings is 1. The quantitative estimate of drug-likeness (QED) is 0.784. The van der Waals surface area contributed by atoms with E-state index >= 15 is 0 Å². The molecule has 0 unspecified atom stereocenters. The molecule has 0 saturated carbocycles. The van der Waals surface area contributed by atoms with Gasteiger partial charge in [0.15, 0.2) is 5.69 Å². The number of hydrogen-bond donors (Lipinski definition) is 0. The second-order valence-corrected chi connectivity index (χ2v) is 3.69. The van der Waals surface area contributed by atoms with Gasteiger partial charge in [-0.2, -0.15) is 0 Å². The molecule has 0 aliphatic heterocycles. The second kappa shape index (κ2) is 4.97. The van der Waals surface area contributed by atoms with Crippen LogP contribution in [0.2, 0.25) is 5.02 Å². The SMILES string of the molecule is CCOC(=O)c1cn(-c2cccc(Cl)c2)nn1. The van der Waals surface area contributed by atoms with Crippen LogP contribution in [0.5, 0.6) is 0 Å². The minimum atomic E-state index is -0.485. The molecule has 5 nitrogen and oxygen atoms in total. The van der Waals surface area contributed by atoms with Gasteiger partial charge in [0, 0.05) is 5.02 Å². The molecule has 0 amide bonds. The summed E-state index contributed by atoms with van der Waals surface area (Å²) < 4.78 is 6.29. The van der Waals surface area contributed by atoms with Crippen LogP contribution >= 0.6 is 11.6 Å².